The lowest BCUT2D eigenvalue weighted by molar-refractivity contribution is 0.228. The van der Waals surface area contributed by atoms with Crippen LogP contribution in [0.5, 0.6) is 0 Å². The third kappa shape index (κ3) is 3.32. The number of rotatable bonds is 6. The molecular formula is C14H21NO. The highest BCUT2D eigenvalue weighted by Gasteiger charge is 2.29. The van der Waals surface area contributed by atoms with Crippen LogP contribution >= 0.6 is 0 Å². The van der Waals surface area contributed by atoms with E-state index in [-0.39, 0.29) is 12.6 Å². The van der Waals surface area contributed by atoms with Gasteiger partial charge >= 0.3 is 0 Å². The summed E-state index contributed by atoms with van der Waals surface area (Å²) in [4.78, 5) is 0. The van der Waals surface area contributed by atoms with Crippen molar-refractivity contribution in [2.45, 2.75) is 38.3 Å². The van der Waals surface area contributed by atoms with Crippen molar-refractivity contribution in [3.63, 3.8) is 0 Å². The highest BCUT2D eigenvalue weighted by Crippen LogP contribution is 2.32. The average Bonchev–Trinajstić information content (AvgIpc) is 3.13. The second kappa shape index (κ2) is 5.46. The molecule has 0 amide bonds. The zero-order valence-corrected chi connectivity index (χ0v) is 9.89. The van der Waals surface area contributed by atoms with Gasteiger partial charge < -0.3 is 10.4 Å². The average molecular weight is 219 g/mol. The van der Waals surface area contributed by atoms with Gasteiger partial charge in [0.15, 0.2) is 0 Å². The lowest BCUT2D eigenvalue weighted by atomic mass is 10.0. The Bertz CT molecular complexity index is 308. The van der Waals surface area contributed by atoms with Crippen LogP contribution in [-0.2, 0) is 6.42 Å². The molecule has 2 N–H and O–H groups in total. The van der Waals surface area contributed by atoms with Gasteiger partial charge in [-0.15, -0.1) is 0 Å². The molecule has 2 heteroatoms. The van der Waals surface area contributed by atoms with Crippen molar-refractivity contribution in [3.05, 3.63) is 35.9 Å². The molecule has 2 nitrogen and oxygen atoms in total. The summed E-state index contributed by atoms with van der Waals surface area (Å²) in [5, 5.41) is 12.9. The summed E-state index contributed by atoms with van der Waals surface area (Å²) in [6.07, 6.45) is 3.60. The van der Waals surface area contributed by atoms with E-state index in [9.17, 15) is 5.11 Å². The van der Waals surface area contributed by atoms with Crippen molar-refractivity contribution in [2.24, 2.45) is 5.92 Å². The Morgan fingerprint density at radius 2 is 2.00 bits per heavy atom. The van der Waals surface area contributed by atoms with Gasteiger partial charge in [-0.25, -0.2) is 0 Å². The molecule has 0 spiro atoms. The first-order valence-corrected chi connectivity index (χ1v) is 6.20. The largest absolute Gasteiger partial charge is 0.395 e. The Morgan fingerprint density at radius 1 is 1.31 bits per heavy atom. The maximum atomic E-state index is 9.38. The van der Waals surface area contributed by atoms with Crippen LogP contribution in [0.15, 0.2) is 30.3 Å². The SMILES string of the molecule is CC(NC(CO)Cc1ccccc1)C1CC1. The Labute approximate surface area is 97.7 Å². The molecule has 1 aromatic carbocycles. The van der Waals surface area contributed by atoms with Gasteiger partial charge in [0.2, 0.25) is 0 Å². The van der Waals surface area contributed by atoms with Gasteiger partial charge in [0.25, 0.3) is 0 Å². The zero-order valence-electron chi connectivity index (χ0n) is 9.89. The third-order valence-electron chi connectivity index (χ3n) is 3.37. The molecule has 1 aliphatic carbocycles. The minimum absolute atomic E-state index is 0.193. The van der Waals surface area contributed by atoms with E-state index in [4.69, 9.17) is 0 Å². The van der Waals surface area contributed by atoms with Crippen molar-refractivity contribution in [1.82, 2.24) is 5.32 Å². The summed E-state index contributed by atoms with van der Waals surface area (Å²) in [6.45, 7) is 2.44. The van der Waals surface area contributed by atoms with Gasteiger partial charge in [-0.2, -0.15) is 0 Å². The van der Waals surface area contributed by atoms with Crippen LogP contribution in [0.1, 0.15) is 25.3 Å². The van der Waals surface area contributed by atoms with E-state index in [1.165, 1.54) is 18.4 Å². The molecule has 0 saturated heterocycles. The van der Waals surface area contributed by atoms with Crippen molar-refractivity contribution in [1.29, 1.82) is 0 Å². The quantitative estimate of drug-likeness (QED) is 0.767. The summed E-state index contributed by atoms with van der Waals surface area (Å²) in [7, 11) is 0. The summed E-state index contributed by atoms with van der Waals surface area (Å²) in [5.74, 6) is 0.838. The number of aliphatic hydroxyl groups excluding tert-OH is 1. The fourth-order valence-corrected chi connectivity index (χ4v) is 2.18. The highest BCUT2D eigenvalue weighted by atomic mass is 16.3. The van der Waals surface area contributed by atoms with E-state index in [0.717, 1.165) is 12.3 Å². The van der Waals surface area contributed by atoms with Crippen molar-refractivity contribution in [2.75, 3.05) is 6.61 Å². The molecule has 2 unspecified atom stereocenters. The molecule has 0 aliphatic heterocycles. The van der Waals surface area contributed by atoms with Crippen molar-refractivity contribution in [3.8, 4) is 0 Å². The van der Waals surface area contributed by atoms with Gasteiger partial charge in [-0.05, 0) is 37.7 Å². The Kier molecular flexibility index (Phi) is 3.97. The van der Waals surface area contributed by atoms with Crippen LogP contribution in [0, 0.1) is 5.92 Å². The molecular weight excluding hydrogens is 198 g/mol. The van der Waals surface area contributed by atoms with E-state index in [0.29, 0.717) is 6.04 Å². The van der Waals surface area contributed by atoms with Crippen molar-refractivity contribution >= 4 is 0 Å². The van der Waals surface area contributed by atoms with Gasteiger partial charge in [0, 0.05) is 12.1 Å². The third-order valence-corrected chi connectivity index (χ3v) is 3.37. The molecule has 2 rings (SSSR count). The predicted octanol–water partition coefficient (Wildman–Crippen LogP) is 1.98. The second-order valence-corrected chi connectivity index (χ2v) is 4.86. The fourth-order valence-electron chi connectivity index (χ4n) is 2.18. The lowest BCUT2D eigenvalue weighted by Crippen LogP contribution is -2.41. The minimum Gasteiger partial charge on any atom is -0.395 e. The van der Waals surface area contributed by atoms with Gasteiger partial charge in [-0.3, -0.25) is 0 Å². The van der Waals surface area contributed by atoms with Crippen molar-refractivity contribution < 1.29 is 5.11 Å². The number of aliphatic hydroxyl groups is 1. The second-order valence-electron chi connectivity index (χ2n) is 4.86. The molecule has 1 aromatic rings. The standard InChI is InChI=1S/C14H21NO/c1-11(13-7-8-13)15-14(10-16)9-12-5-3-2-4-6-12/h2-6,11,13-16H,7-10H2,1H3. The number of nitrogens with one attached hydrogen (secondary N) is 1. The number of hydrogen-bond acceptors (Lipinski definition) is 2. The minimum atomic E-state index is 0.193. The molecule has 1 fully saturated rings. The normalized spacial score (nSPS) is 19.4. The Hall–Kier alpha value is -0.860. The van der Waals surface area contributed by atoms with Crippen LogP contribution < -0.4 is 5.32 Å². The summed E-state index contributed by atoms with van der Waals surface area (Å²) >= 11 is 0. The molecule has 0 aromatic heterocycles. The van der Waals surface area contributed by atoms with Crippen LogP contribution in [0.3, 0.4) is 0 Å². The number of benzene rings is 1. The maximum absolute atomic E-state index is 9.38. The summed E-state index contributed by atoms with van der Waals surface area (Å²) in [6, 6.07) is 11.1. The van der Waals surface area contributed by atoms with Crippen LogP contribution in [0.4, 0.5) is 0 Å². The van der Waals surface area contributed by atoms with Crippen LogP contribution in [-0.4, -0.2) is 23.8 Å². The number of hydrogen-bond donors (Lipinski definition) is 2. The summed E-state index contributed by atoms with van der Waals surface area (Å²) < 4.78 is 0. The van der Waals surface area contributed by atoms with Gasteiger partial charge in [-0.1, -0.05) is 30.3 Å². The summed E-state index contributed by atoms with van der Waals surface area (Å²) in [5.41, 5.74) is 1.29. The first kappa shape index (κ1) is 11.6. The van der Waals surface area contributed by atoms with E-state index in [1.807, 2.05) is 18.2 Å². The van der Waals surface area contributed by atoms with Gasteiger partial charge in [0.05, 0.1) is 6.61 Å². The van der Waals surface area contributed by atoms with E-state index >= 15 is 0 Å². The molecule has 88 valence electrons. The zero-order chi connectivity index (χ0) is 11.4. The molecule has 2 atom stereocenters. The van der Waals surface area contributed by atoms with Crippen LogP contribution in [0.2, 0.25) is 0 Å². The predicted molar refractivity (Wildman–Crippen MR) is 66.3 cm³/mol. The first-order valence-electron chi connectivity index (χ1n) is 6.20. The molecule has 1 saturated carbocycles. The molecule has 1 aliphatic rings. The molecule has 0 bridgehead atoms. The monoisotopic (exact) mass is 219 g/mol. The van der Waals surface area contributed by atoms with Crippen LogP contribution in [0.25, 0.3) is 0 Å². The highest BCUT2D eigenvalue weighted by molar-refractivity contribution is 5.16. The van der Waals surface area contributed by atoms with E-state index < -0.39 is 0 Å². The maximum Gasteiger partial charge on any atom is 0.0587 e. The molecule has 0 radical (unpaired) electrons. The van der Waals surface area contributed by atoms with E-state index in [2.05, 4.69) is 24.4 Å². The first-order chi connectivity index (χ1) is 7.79. The van der Waals surface area contributed by atoms with E-state index in [1.54, 1.807) is 0 Å². The molecule has 0 heterocycles. The smallest absolute Gasteiger partial charge is 0.0587 e. The topological polar surface area (TPSA) is 32.3 Å². The lowest BCUT2D eigenvalue weighted by Gasteiger charge is -2.21. The fraction of sp³-hybridized carbons (Fsp3) is 0.571. The Morgan fingerprint density at radius 3 is 2.56 bits per heavy atom. The Balaban J connectivity index is 1.85. The van der Waals surface area contributed by atoms with Gasteiger partial charge in [0.1, 0.15) is 0 Å². The molecule has 16 heavy (non-hydrogen) atoms.